The summed E-state index contributed by atoms with van der Waals surface area (Å²) in [6.45, 7) is 0. The highest BCUT2D eigenvalue weighted by Crippen LogP contribution is 2.19. The molecule has 0 atom stereocenters. The summed E-state index contributed by atoms with van der Waals surface area (Å²) in [5.74, 6) is 0.873. The first-order valence-electron chi connectivity index (χ1n) is 3.39. The quantitative estimate of drug-likeness (QED) is 0.806. The van der Waals surface area contributed by atoms with Gasteiger partial charge in [0, 0.05) is 0 Å². The van der Waals surface area contributed by atoms with Crippen molar-refractivity contribution in [1.29, 1.82) is 0 Å². The molecule has 1 aromatic rings. The van der Waals surface area contributed by atoms with Crippen LogP contribution in [0.3, 0.4) is 0 Å². The van der Waals surface area contributed by atoms with Crippen molar-refractivity contribution in [3.05, 3.63) is 33.2 Å². The zero-order valence-electron chi connectivity index (χ0n) is 6.55. The smallest absolute Gasteiger partial charge is 0.118 e. The number of methoxy groups -OCH3 is 1. The van der Waals surface area contributed by atoms with Gasteiger partial charge in [0.05, 0.1) is 10.5 Å². The molecule has 12 heavy (non-hydrogen) atoms. The van der Waals surface area contributed by atoms with Crippen molar-refractivity contribution >= 4 is 37.9 Å². The molecular formula is C9H8Br2O. The molecule has 0 saturated heterocycles. The Hall–Kier alpha value is -0.280. The third-order valence-corrected chi connectivity index (χ3v) is 1.85. The molecule has 0 aliphatic rings. The maximum atomic E-state index is 5.03. The zero-order chi connectivity index (χ0) is 8.97. The molecule has 0 unspecified atom stereocenters. The molecule has 0 radical (unpaired) electrons. The van der Waals surface area contributed by atoms with Crippen molar-refractivity contribution in [2.45, 2.75) is 0 Å². The Balaban J connectivity index is 2.85. The lowest BCUT2D eigenvalue weighted by Gasteiger charge is -1.98. The molecule has 64 valence electrons. The second-order valence-corrected chi connectivity index (χ2v) is 4.98. The molecule has 1 nitrogen and oxygen atoms in total. The van der Waals surface area contributed by atoms with Crippen LogP contribution in [0.4, 0.5) is 0 Å². The molecule has 0 aliphatic carbocycles. The summed E-state index contributed by atoms with van der Waals surface area (Å²) in [5, 5.41) is 0. The summed E-state index contributed by atoms with van der Waals surface area (Å²) < 4.78 is 5.96. The molecule has 0 fully saturated rings. The molecule has 0 heterocycles. The van der Waals surface area contributed by atoms with E-state index in [9.17, 15) is 0 Å². The monoisotopic (exact) mass is 290 g/mol. The van der Waals surface area contributed by atoms with Gasteiger partial charge in [-0.3, -0.25) is 0 Å². The largest absolute Gasteiger partial charge is 0.497 e. The third kappa shape index (κ3) is 2.99. The number of rotatable bonds is 2. The van der Waals surface area contributed by atoms with Crippen LogP contribution in [0.25, 0.3) is 6.08 Å². The van der Waals surface area contributed by atoms with Gasteiger partial charge in [-0.25, -0.2) is 0 Å². The minimum atomic E-state index is 0.873. The summed E-state index contributed by atoms with van der Waals surface area (Å²) in [4.78, 5) is 0. The van der Waals surface area contributed by atoms with Crippen LogP contribution in [0.1, 0.15) is 5.56 Å². The van der Waals surface area contributed by atoms with E-state index in [2.05, 4.69) is 31.9 Å². The van der Waals surface area contributed by atoms with E-state index in [4.69, 9.17) is 4.74 Å². The normalized spacial score (nSPS) is 9.25. The second kappa shape index (κ2) is 4.67. The van der Waals surface area contributed by atoms with Gasteiger partial charge in [-0.1, -0.05) is 12.1 Å². The van der Waals surface area contributed by atoms with Gasteiger partial charge >= 0.3 is 0 Å². The van der Waals surface area contributed by atoms with Crippen LogP contribution in [0, 0.1) is 0 Å². The summed E-state index contributed by atoms with van der Waals surface area (Å²) in [6, 6.07) is 7.83. The van der Waals surface area contributed by atoms with E-state index < -0.39 is 0 Å². The van der Waals surface area contributed by atoms with E-state index >= 15 is 0 Å². The van der Waals surface area contributed by atoms with Gasteiger partial charge in [0.15, 0.2) is 0 Å². The lowest BCUT2D eigenvalue weighted by molar-refractivity contribution is 0.415. The van der Waals surface area contributed by atoms with Gasteiger partial charge in [0.25, 0.3) is 0 Å². The van der Waals surface area contributed by atoms with E-state index in [1.165, 1.54) is 0 Å². The van der Waals surface area contributed by atoms with E-state index in [1.807, 2.05) is 30.3 Å². The third-order valence-electron chi connectivity index (χ3n) is 1.39. The topological polar surface area (TPSA) is 9.23 Å². The number of benzene rings is 1. The predicted octanol–water partition coefficient (Wildman–Crippen LogP) is 3.78. The van der Waals surface area contributed by atoms with Crippen molar-refractivity contribution in [3.8, 4) is 5.75 Å². The second-order valence-electron chi connectivity index (χ2n) is 2.21. The van der Waals surface area contributed by atoms with Crippen LogP contribution in [-0.4, -0.2) is 7.11 Å². The summed E-state index contributed by atoms with van der Waals surface area (Å²) >= 11 is 6.59. The highest BCUT2D eigenvalue weighted by Gasteiger charge is 1.90. The number of hydrogen-bond donors (Lipinski definition) is 0. The minimum absolute atomic E-state index is 0.873. The van der Waals surface area contributed by atoms with E-state index in [0.717, 1.165) is 14.7 Å². The highest BCUT2D eigenvalue weighted by molar-refractivity contribution is 9.28. The maximum Gasteiger partial charge on any atom is 0.118 e. The Labute approximate surface area is 88.7 Å². The fourth-order valence-corrected chi connectivity index (χ4v) is 1.35. The van der Waals surface area contributed by atoms with Crippen LogP contribution in [0.15, 0.2) is 27.7 Å². The van der Waals surface area contributed by atoms with Gasteiger partial charge in [-0.05, 0) is 55.6 Å². The first kappa shape index (κ1) is 9.81. The lowest BCUT2D eigenvalue weighted by Crippen LogP contribution is -1.81. The van der Waals surface area contributed by atoms with Crippen LogP contribution in [0.5, 0.6) is 5.75 Å². The van der Waals surface area contributed by atoms with Crippen molar-refractivity contribution in [3.63, 3.8) is 0 Å². The molecule has 0 amide bonds. The molecule has 1 rings (SSSR count). The lowest BCUT2D eigenvalue weighted by atomic mass is 10.2. The SMILES string of the molecule is COc1ccc(C=C(Br)Br)cc1. The van der Waals surface area contributed by atoms with Gasteiger partial charge in [0.2, 0.25) is 0 Å². The predicted molar refractivity (Wildman–Crippen MR) is 58.8 cm³/mol. The Bertz CT molecular complexity index is 273. The van der Waals surface area contributed by atoms with Gasteiger partial charge in [0.1, 0.15) is 5.75 Å². The molecule has 1 aromatic carbocycles. The Kier molecular flexibility index (Phi) is 3.82. The summed E-state index contributed by atoms with van der Waals surface area (Å²) in [6.07, 6.45) is 1.97. The molecule has 0 spiro atoms. The molecule has 0 aliphatic heterocycles. The average Bonchev–Trinajstić information content (AvgIpc) is 2.05. The number of ether oxygens (including phenoxy) is 1. The number of hydrogen-bond acceptors (Lipinski definition) is 1. The first-order valence-corrected chi connectivity index (χ1v) is 4.98. The van der Waals surface area contributed by atoms with Gasteiger partial charge in [-0.15, -0.1) is 0 Å². The van der Waals surface area contributed by atoms with Crippen molar-refractivity contribution in [1.82, 2.24) is 0 Å². The minimum Gasteiger partial charge on any atom is -0.497 e. The van der Waals surface area contributed by atoms with E-state index in [0.29, 0.717) is 0 Å². The Morgan fingerprint density at radius 1 is 1.25 bits per heavy atom. The molecule has 3 heteroatoms. The molecule has 0 bridgehead atoms. The molecule has 0 saturated carbocycles. The fraction of sp³-hybridized carbons (Fsp3) is 0.111. The highest BCUT2D eigenvalue weighted by atomic mass is 79.9. The van der Waals surface area contributed by atoms with Gasteiger partial charge < -0.3 is 4.74 Å². The first-order chi connectivity index (χ1) is 5.72. The number of halogens is 2. The maximum absolute atomic E-state index is 5.03. The van der Waals surface area contributed by atoms with Gasteiger partial charge in [-0.2, -0.15) is 0 Å². The molecule has 0 aromatic heterocycles. The Morgan fingerprint density at radius 2 is 1.83 bits per heavy atom. The summed E-state index contributed by atoms with van der Waals surface area (Å²) in [7, 11) is 1.66. The fourth-order valence-electron chi connectivity index (χ4n) is 0.826. The van der Waals surface area contributed by atoms with Crippen molar-refractivity contribution in [2.24, 2.45) is 0 Å². The van der Waals surface area contributed by atoms with Crippen LogP contribution in [0.2, 0.25) is 0 Å². The summed E-state index contributed by atoms with van der Waals surface area (Å²) in [5.41, 5.74) is 1.12. The van der Waals surface area contributed by atoms with Crippen molar-refractivity contribution < 1.29 is 4.74 Å². The van der Waals surface area contributed by atoms with Crippen LogP contribution < -0.4 is 4.74 Å². The molecular weight excluding hydrogens is 284 g/mol. The van der Waals surface area contributed by atoms with E-state index in [1.54, 1.807) is 7.11 Å². The Morgan fingerprint density at radius 3 is 2.25 bits per heavy atom. The van der Waals surface area contributed by atoms with Crippen LogP contribution in [-0.2, 0) is 0 Å². The van der Waals surface area contributed by atoms with Crippen molar-refractivity contribution in [2.75, 3.05) is 7.11 Å². The van der Waals surface area contributed by atoms with Crippen LogP contribution >= 0.6 is 31.9 Å². The average molecular weight is 292 g/mol. The zero-order valence-corrected chi connectivity index (χ0v) is 9.72. The van der Waals surface area contributed by atoms with E-state index in [-0.39, 0.29) is 0 Å². The standard InChI is InChI=1S/C9H8Br2O/c1-12-8-4-2-7(3-5-8)6-9(10)11/h2-6H,1H3. The molecule has 0 N–H and O–H groups in total.